The van der Waals surface area contributed by atoms with E-state index in [1.807, 2.05) is 36.5 Å². The standard InChI is InChI=1S/C16H12BrNO2/c17-14-4-2-1-3-13(14)10-18-8-7-11-9-12(16(19)20)5-6-15(11)18/h1-9H,10H2,(H,19,20). The van der Waals surface area contributed by atoms with Crippen molar-refractivity contribution in [3.05, 3.63) is 70.3 Å². The lowest BCUT2D eigenvalue weighted by atomic mass is 10.1. The predicted molar refractivity (Wildman–Crippen MR) is 82.1 cm³/mol. The minimum absolute atomic E-state index is 0.316. The normalized spacial score (nSPS) is 10.8. The van der Waals surface area contributed by atoms with E-state index in [0.717, 1.165) is 21.9 Å². The SMILES string of the molecule is O=C(O)c1ccc2c(ccn2Cc2ccccc2Br)c1. The average Bonchev–Trinajstić information content (AvgIpc) is 2.84. The number of hydrogen-bond acceptors (Lipinski definition) is 1. The summed E-state index contributed by atoms with van der Waals surface area (Å²) in [6.07, 6.45) is 1.98. The Labute approximate surface area is 124 Å². The zero-order valence-corrected chi connectivity index (χ0v) is 12.2. The number of benzene rings is 2. The summed E-state index contributed by atoms with van der Waals surface area (Å²) >= 11 is 3.55. The lowest BCUT2D eigenvalue weighted by molar-refractivity contribution is 0.0697. The highest BCUT2D eigenvalue weighted by atomic mass is 79.9. The summed E-state index contributed by atoms with van der Waals surface area (Å²) in [6, 6.07) is 15.2. The molecule has 0 spiro atoms. The lowest BCUT2D eigenvalue weighted by Gasteiger charge is -2.08. The van der Waals surface area contributed by atoms with Crippen LogP contribution in [0.3, 0.4) is 0 Å². The van der Waals surface area contributed by atoms with Crippen LogP contribution in [0.1, 0.15) is 15.9 Å². The minimum atomic E-state index is -0.898. The fourth-order valence-corrected chi connectivity index (χ4v) is 2.69. The Balaban J connectivity index is 2.01. The maximum Gasteiger partial charge on any atom is 0.335 e. The molecule has 3 aromatic rings. The molecule has 2 aromatic carbocycles. The molecule has 0 aliphatic heterocycles. The monoisotopic (exact) mass is 329 g/mol. The molecule has 0 radical (unpaired) electrons. The third-order valence-corrected chi connectivity index (χ3v) is 4.09. The van der Waals surface area contributed by atoms with Gasteiger partial charge >= 0.3 is 5.97 Å². The quantitative estimate of drug-likeness (QED) is 0.784. The van der Waals surface area contributed by atoms with Crippen LogP contribution in [0.25, 0.3) is 10.9 Å². The maximum atomic E-state index is 11.0. The number of carbonyl (C=O) groups is 1. The van der Waals surface area contributed by atoms with Crippen molar-refractivity contribution < 1.29 is 9.90 Å². The van der Waals surface area contributed by atoms with Crippen LogP contribution in [0, 0.1) is 0 Å². The van der Waals surface area contributed by atoms with E-state index in [0.29, 0.717) is 5.56 Å². The molecule has 0 aliphatic rings. The van der Waals surface area contributed by atoms with Crippen LogP contribution in [-0.2, 0) is 6.54 Å². The van der Waals surface area contributed by atoms with Gasteiger partial charge in [-0.2, -0.15) is 0 Å². The van der Waals surface area contributed by atoms with Crippen molar-refractivity contribution in [2.45, 2.75) is 6.54 Å². The Bertz CT molecular complexity index is 792. The van der Waals surface area contributed by atoms with E-state index < -0.39 is 5.97 Å². The molecule has 3 nitrogen and oxygen atoms in total. The van der Waals surface area contributed by atoms with Crippen molar-refractivity contribution in [1.29, 1.82) is 0 Å². The molecule has 4 heteroatoms. The molecular formula is C16H12BrNO2. The van der Waals surface area contributed by atoms with Crippen LogP contribution in [0.2, 0.25) is 0 Å². The summed E-state index contributed by atoms with van der Waals surface area (Å²) in [5, 5.41) is 9.95. The number of hydrogen-bond donors (Lipinski definition) is 1. The van der Waals surface area contributed by atoms with Gasteiger partial charge in [-0.3, -0.25) is 0 Å². The van der Waals surface area contributed by atoms with Gasteiger partial charge in [0.2, 0.25) is 0 Å². The van der Waals surface area contributed by atoms with E-state index in [9.17, 15) is 4.79 Å². The summed E-state index contributed by atoms with van der Waals surface area (Å²) in [5.41, 5.74) is 2.54. The predicted octanol–water partition coefficient (Wildman–Crippen LogP) is 4.15. The van der Waals surface area contributed by atoms with E-state index in [-0.39, 0.29) is 0 Å². The molecule has 3 rings (SSSR count). The van der Waals surface area contributed by atoms with Gasteiger partial charge in [0.25, 0.3) is 0 Å². The van der Waals surface area contributed by atoms with Crippen LogP contribution in [-0.4, -0.2) is 15.6 Å². The largest absolute Gasteiger partial charge is 0.478 e. The molecular weight excluding hydrogens is 318 g/mol. The molecule has 100 valence electrons. The van der Waals surface area contributed by atoms with Crippen molar-refractivity contribution in [3.63, 3.8) is 0 Å². The van der Waals surface area contributed by atoms with Crippen molar-refractivity contribution in [2.75, 3.05) is 0 Å². The zero-order chi connectivity index (χ0) is 14.1. The smallest absolute Gasteiger partial charge is 0.335 e. The highest BCUT2D eigenvalue weighted by molar-refractivity contribution is 9.10. The van der Waals surface area contributed by atoms with E-state index >= 15 is 0 Å². The molecule has 0 aliphatic carbocycles. The Hall–Kier alpha value is -2.07. The maximum absolute atomic E-state index is 11.0. The van der Waals surface area contributed by atoms with Crippen LogP contribution in [0.4, 0.5) is 0 Å². The molecule has 20 heavy (non-hydrogen) atoms. The highest BCUT2D eigenvalue weighted by Crippen LogP contribution is 2.22. The molecule has 0 amide bonds. The summed E-state index contributed by atoms with van der Waals surface area (Å²) in [6.45, 7) is 0.747. The number of halogens is 1. The first-order valence-electron chi connectivity index (χ1n) is 6.21. The molecule has 0 bridgehead atoms. The van der Waals surface area contributed by atoms with Gasteiger partial charge < -0.3 is 9.67 Å². The number of carboxylic acids is 1. The Morgan fingerprint density at radius 1 is 1.15 bits per heavy atom. The summed E-state index contributed by atoms with van der Waals surface area (Å²) < 4.78 is 3.19. The van der Waals surface area contributed by atoms with Gasteiger partial charge in [0.1, 0.15) is 0 Å². The lowest BCUT2D eigenvalue weighted by Crippen LogP contribution is -1.99. The molecule has 1 aromatic heterocycles. The van der Waals surface area contributed by atoms with Crippen molar-refractivity contribution in [3.8, 4) is 0 Å². The van der Waals surface area contributed by atoms with Crippen molar-refractivity contribution >= 4 is 32.8 Å². The summed E-state index contributed by atoms with van der Waals surface area (Å²) in [4.78, 5) is 11.0. The van der Waals surface area contributed by atoms with Crippen molar-refractivity contribution in [2.24, 2.45) is 0 Å². The number of nitrogens with zero attached hydrogens (tertiary/aromatic N) is 1. The Morgan fingerprint density at radius 2 is 1.95 bits per heavy atom. The van der Waals surface area contributed by atoms with Crippen LogP contribution in [0.15, 0.2) is 59.2 Å². The summed E-state index contributed by atoms with van der Waals surface area (Å²) in [5.74, 6) is -0.898. The number of rotatable bonds is 3. The molecule has 0 saturated carbocycles. The van der Waals surface area contributed by atoms with Gasteiger partial charge in [-0.05, 0) is 35.9 Å². The zero-order valence-electron chi connectivity index (χ0n) is 10.6. The highest BCUT2D eigenvalue weighted by Gasteiger charge is 2.07. The Morgan fingerprint density at radius 3 is 2.70 bits per heavy atom. The second-order valence-electron chi connectivity index (χ2n) is 4.61. The van der Waals surface area contributed by atoms with Gasteiger partial charge in [0.15, 0.2) is 0 Å². The third kappa shape index (κ3) is 2.34. The topological polar surface area (TPSA) is 42.2 Å². The minimum Gasteiger partial charge on any atom is -0.478 e. The number of fused-ring (bicyclic) bond motifs is 1. The Kier molecular flexibility index (Phi) is 3.32. The van der Waals surface area contributed by atoms with Gasteiger partial charge in [-0.15, -0.1) is 0 Å². The van der Waals surface area contributed by atoms with Gasteiger partial charge in [-0.25, -0.2) is 4.79 Å². The first kappa shape index (κ1) is 12.9. The van der Waals surface area contributed by atoms with Crippen LogP contribution < -0.4 is 0 Å². The second-order valence-corrected chi connectivity index (χ2v) is 5.47. The molecule has 0 atom stereocenters. The van der Waals surface area contributed by atoms with Gasteiger partial charge in [-0.1, -0.05) is 34.1 Å². The fraction of sp³-hybridized carbons (Fsp3) is 0.0625. The molecule has 0 fully saturated rings. The first-order valence-corrected chi connectivity index (χ1v) is 7.00. The fourth-order valence-electron chi connectivity index (χ4n) is 2.28. The number of carboxylic acid groups (broad SMARTS) is 1. The molecule has 1 N–H and O–H groups in total. The molecule has 0 unspecified atom stereocenters. The number of aromatic nitrogens is 1. The molecule has 0 saturated heterocycles. The number of aromatic carboxylic acids is 1. The van der Waals surface area contributed by atoms with E-state index in [2.05, 4.69) is 26.6 Å². The van der Waals surface area contributed by atoms with Gasteiger partial charge in [0.05, 0.1) is 5.56 Å². The van der Waals surface area contributed by atoms with Gasteiger partial charge in [0, 0.05) is 28.1 Å². The summed E-state index contributed by atoms with van der Waals surface area (Å²) in [7, 11) is 0. The average molecular weight is 330 g/mol. The van der Waals surface area contributed by atoms with Crippen LogP contribution >= 0.6 is 15.9 Å². The van der Waals surface area contributed by atoms with E-state index in [4.69, 9.17) is 5.11 Å². The third-order valence-electron chi connectivity index (χ3n) is 3.32. The molecule has 1 heterocycles. The van der Waals surface area contributed by atoms with Crippen molar-refractivity contribution in [1.82, 2.24) is 4.57 Å². The van der Waals surface area contributed by atoms with Crippen LogP contribution in [0.5, 0.6) is 0 Å². The van der Waals surface area contributed by atoms with E-state index in [1.54, 1.807) is 12.1 Å². The van der Waals surface area contributed by atoms with E-state index in [1.165, 1.54) is 5.56 Å². The first-order chi connectivity index (χ1) is 9.65. The second kappa shape index (κ2) is 5.13.